The van der Waals surface area contributed by atoms with Crippen LogP contribution in [0.1, 0.15) is 5.56 Å². The van der Waals surface area contributed by atoms with E-state index in [2.05, 4.69) is 11.1 Å². The number of fused-ring (bicyclic) bond motifs is 1. The molecular weight excluding hydrogens is 188 g/mol. The SMILES string of the molecule is NC(CO)Cc1cnc2ccccc2c1. The second-order valence-corrected chi connectivity index (χ2v) is 3.68. The number of rotatable bonds is 3. The van der Waals surface area contributed by atoms with Crippen molar-refractivity contribution in [2.45, 2.75) is 12.5 Å². The minimum Gasteiger partial charge on any atom is -0.395 e. The Morgan fingerprint density at radius 1 is 1.33 bits per heavy atom. The summed E-state index contributed by atoms with van der Waals surface area (Å²) in [6.07, 6.45) is 2.48. The van der Waals surface area contributed by atoms with E-state index >= 15 is 0 Å². The molecule has 78 valence electrons. The van der Waals surface area contributed by atoms with E-state index in [1.165, 1.54) is 0 Å². The monoisotopic (exact) mass is 202 g/mol. The molecule has 2 rings (SSSR count). The van der Waals surface area contributed by atoms with Crippen molar-refractivity contribution in [3.63, 3.8) is 0 Å². The standard InChI is InChI=1S/C12H14N2O/c13-11(8-15)6-9-5-10-3-1-2-4-12(10)14-7-9/h1-5,7,11,15H,6,8,13H2. The van der Waals surface area contributed by atoms with Gasteiger partial charge in [0.2, 0.25) is 0 Å². The number of benzene rings is 1. The fourth-order valence-electron chi connectivity index (χ4n) is 1.60. The third-order valence-electron chi connectivity index (χ3n) is 2.38. The van der Waals surface area contributed by atoms with Crippen molar-refractivity contribution in [2.24, 2.45) is 5.73 Å². The van der Waals surface area contributed by atoms with Crippen LogP contribution in [0.4, 0.5) is 0 Å². The second-order valence-electron chi connectivity index (χ2n) is 3.68. The first-order valence-corrected chi connectivity index (χ1v) is 4.99. The molecule has 1 aromatic carbocycles. The molecule has 3 heteroatoms. The number of aliphatic hydroxyl groups excluding tert-OH is 1. The summed E-state index contributed by atoms with van der Waals surface area (Å²) < 4.78 is 0. The zero-order valence-electron chi connectivity index (χ0n) is 8.43. The molecule has 0 saturated carbocycles. The van der Waals surface area contributed by atoms with Gasteiger partial charge in [-0.15, -0.1) is 0 Å². The summed E-state index contributed by atoms with van der Waals surface area (Å²) in [5, 5.41) is 9.98. The van der Waals surface area contributed by atoms with Crippen LogP contribution in [0, 0.1) is 0 Å². The Labute approximate surface area is 88.6 Å². The van der Waals surface area contributed by atoms with Gasteiger partial charge in [-0.2, -0.15) is 0 Å². The Morgan fingerprint density at radius 2 is 2.13 bits per heavy atom. The highest BCUT2D eigenvalue weighted by atomic mass is 16.3. The summed E-state index contributed by atoms with van der Waals surface area (Å²) >= 11 is 0. The number of aromatic nitrogens is 1. The van der Waals surface area contributed by atoms with Crippen molar-refractivity contribution in [1.29, 1.82) is 0 Å². The van der Waals surface area contributed by atoms with Crippen molar-refractivity contribution in [3.05, 3.63) is 42.1 Å². The number of nitrogens with zero attached hydrogens (tertiary/aromatic N) is 1. The van der Waals surface area contributed by atoms with Crippen molar-refractivity contribution in [2.75, 3.05) is 6.61 Å². The Morgan fingerprint density at radius 3 is 2.93 bits per heavy atom. The number of aliphatic hydroxyl groups is 1. The fraction of sp³-hybridized carbons (Fsp3) is 0.250. The largest absolute Gasteiger partial charge is 0.395 e. The van der Waals surface area contributed by atoms with E-state index in [-0.39, 0.29) is 12.6 Å². The first-order valence-electron chi connectivity index (χ1n) is 4.99. The highest BCUT2D eigenvalue weighted by Gasteiger charge is 2.03. The summed E-state index contributed by atoms with van der Waals surface area (Å²) in [5.74, 6) is 0. The van der Waals surface area contributed by atoms with Crippen LogP contribution in [-0.4, -0.2) is 22.7 Å². The fourth-order valence-corrected chi connectivity index (χ4v) is 1.60. The Balaban J connectivity index is 2.30. The molecule has 1 heterocycles. The Hall–Kier alpha value is -1.45. The lowest BCUT2D eigenvalue weighted by molar-refractivity contribution is 0.265. The van der Waals surface area contributed by atoms with Crippen LogP contribution in [0.3, 0.4) is 0 Å². The predicted molar refractivity (Wildman–Crippen MR) is 60.5 cm³/mol. The number of hydrogen-bond acceptors (Lipinski definition) is 3. The zero-order valence-corrected chi connectivity index (χ0v) is 8.43. The van der Waals surface area contributed by atoms with Gasteiger partial charge in [0.15, 0.2) is 0 Å². The third kappa shape index (κ3) is 2.32. The minimum atomic E-state index is -0.201. The molecule has 3 N–H and O–H groups in total. The molecule has 0 saturated heterocycles. The highest BCUT2D eigenvalue weighted by molar-refractivity contribution is 5.78. The summed E-state index contributed by atoms with van der Waals surface area (Å²) in [5.41, 5.74) is 7.72. The van der Waals surface area contributed by atoms with Crippen LogP contribution < -0.4 is 5.73 Å². The lowest BCUT2D eigenvalue weighted by Crippen LogP contribution is -2.26. The minimum absolute atomic E-state index is 0.00677. The van der Waals surface area contributed by atoms with Gasteiger partial charge in [0, 0.05) is 17.6 Å². The maximum absolute atomic E-state index is 8.86. The summed E-state index contributed by atoms with van der Waals surface area (Å²) in [4.78, 5) is 4.33. The van der Waals surface area contributed by atoms with Gasteiger partial charge in [0.1, 0.15) is 0 Å². The van der Waals surface area contributed by atoms with Gasteiger partial charge in [-0.3, -0.25) is 4.98 Å². The molecule has 0 aliphatic rings. The van der Waals surface area contributed by atoms with E-state index in [9.17, 15) is 0 Å². The smallest absolute Gasteiger partial charge is 0.0702 e. The van der Waals surface area contributed by atoms with E-state index in [1.54, 1.807) is 0 Å². The first kappa shape index (κ1) is 10.1. The molecule has 0 radical (unpaired) electrons. The second kappa shape index (κ2) is 4.38. The average molecular weight is 202 g/mol. The molecule has 1 atom stereocenters. The molecule has 1 unspecified atom stereocenters. The Bertz CT molecular complexity index is 456. The zero-order chi connectivity index (χ0) is 10.7. The van der Waals surface area contributed by atoms with Crippen molar-refractivity contribution < 1.29 is 5.11 Å². The summed E-state index contributed by atoms with van der Waals surface area (Å²) in [6, 6.07) is 9.82. The molecule has 3 nitrogen and oxygen atoms in total. The van der Waals surface area contributed by atoms with E-state index < -0.39 is 0 Å². The first-order chi connectivity index (χ1) is 7.29. The van der Waals surface area contributed by atoms with E-state index in [1.807, 2.05) is 30.5 Å². The summed E-state index contributed by atoms with van der Waals surface area (Å²) in [7, 11) is 0. The van der Waals surface area contributed by atoms with Gasteiger partial charge in [0.05, 0.1) is 12.1 Å². The van der Waals surface area contributed by atoms with Gasteiger partial charge in [-0.25, -0.2) is 0 Å². The number of pyridine rings is 1. The molecule has 1 aromatic heterocycles. The van der Waals surface area contributed by atoms with E-state index in [0.29, 0.717) is 6.42 Å². The van der Waals surface area contributed by atoms with Gasteiger partial charge in [-0.05, 0) is 24.1 Å². The lowest BCUT2D eigenvalue weighted by atomic mass is 10.1. The normalized spacial score (nSPS) is 12.9. The molecule has 0 fully saturated rings. The van der Waals surface area contributed by atoms with Crippen LogP contribution in [0.15, 0.2) is 36.5 Å². The van der Waals surface area contributed by atoms with E-state index in [0.717, 1.165) is 16.5 Å². The number of nitrogens with two attached hydrogens (primary N) is 1. The van der Waals surface area contributed by atoms with Gasteiger partial charge < -0.3 is 10.8 Å². The van der Waals surface area contributed by atoms with Gasteiger partial charge in [-0.1, -0.05) is 18.2 Å². The highest BCUT2D eigenvalue weighted by Crippen LogP contribution is 2.13. The van der Waals surface area contributed by atoms with Crippen LogP contribution in [-0.2, 0) is 6.42 Å². The van der Waals surface area contributed by atoms with Crippen LogP contribution in [0.5, 0.6) is 0 Å². The van der Waals surface area contributed by atoms with Gasteiger partial charge >= 0.3 is 0 Å². The maximum Gasteiger partial charge on any atom is 0.0702 e. The molecule has 0 amide bonds. The topological polar surface area (TPSA) is 59.1 Å². The molecule has 0 aliphatic carbocycles. The van der Waals surface area contributed by atoms with Gasteiger partial charge in [0.25, 0.3) is 0 Å². The number of para-hydroxylation sites is 1. The molecule has 0 spiro atoms. The Kier molecular flexibility index (Phi) is 2.94. The van der Waals surface area contributed by atoms with E-state index in [4.69, 9.17) is 10.8 Å². The number of hydrogen-bond donors (Lipinski definition) is 2. The van der Waals surface area contributed by atoms with Crippen molar-refractivity contribution in [3.8, 4) is 0 Å². The molecule has 2 aromatic rings. The van der Waals surface area contributed by atoms with Crippen molar-refractivity contribution in [1.82, 2.24) is 4.98 Å². The average Bonchev–Trinajstić information content (AvgIpc) is 2.29. The predicted octanol–water partition coefficient (Wildman–Crippen LogP) is 1.10. The maximum atomic E-state index is 8.86. The quantitative estimate of drug-likeness (QED) is 0.783. The molecular formula is C12H14N2O. The van der Waals surface area contributed by atoms with Crippen LogP contribution in [0.25, 0.3) is 10.9 Å². The van der Waals surface area contributed by atoms with Crippen LogP contribution in [0.2, 0.25) is 0 Å². The molecule has 15 heavy (non-hydrogen) atoms. The molecule has 0 aliphatic heterocycles. The molecule has 0 bridgehead atoms. The van der Waals surface area contributed by atoms with Crippen molar-refractivity contribution >= 4 is 10.9 Å². The summed E-state index contributed by atoms with van der Waals surface area (Å²) in [6.45, 7) is 0.00677. The lowest BCUT2D eigenvalue weighted by Gasteiger charge is -2.08. The van der Waals surface area contributed by atoms with Crippen LogP contribution >= 0.6 is 0 Å². The third-order valence-corrected chi connectivity index (χ3v) is 2.38.